The van der Waals surface area contributed by atoms with Crippen LogP contribution in [0.4, 0.5) is 0 Å². The predicted molar refractivity (Wildman–Crippen MR) is 96.7 cm³/mol. The molecule has 1 N–H and O–H groups in total. The fourth-order valence-corrected chi connectivity index (χ4v) is 2.59. The zero-order chi connectivity index (χ0) is 18.6. The first-order valence-electron chi connectivity index (χ1n) is 7.26. The fourth-order valence-electron chi connectivity index (χ4n) is 2.34. The van der Waals surface area contributed by atoms with Gasteiger partial charge in [0, 0.05) is 6.54 Å². The molecule has 1 fully saturated rings. The van der Waals surface area contributed by atoms with Crippen LogP contribution >= 0.6 is 12.2 Å². The van der Waals surface area contributed by atoms with Crippen LogP contribution in [0.2, 0.25) is 0 Å². The Hall–Kier alpha value is -2.87. The molecule has 2 amide bonds. The Morgan fingerprint density at radius 1 is 1.16 bits per heavy atom. The number of amides is 2. The minimum absolute atomic E-state index is 0.0512. The molecule has 1 aromatic rings. The van der Waals surface area contributed by atoms with E-state index in [1.165, 1.54) is 38.4 Å². The number of hydrogen-bond donors (Lipinski definition) is 1. The molecule has 0 unspecified atom stereocenters. The van der Waals surface area contributed by atoms with Crippen molar-refractivity contribution in [1.82, 2.24) is 10.2 Å². The number of hydrogen-bond acceptors (Lipinski definition) is 6. The molecule has 0 aromatic heterocycles. The summed E-state index contributed by atoms with van der Waals surface area (Å²) in [6.45, 7) is 3.78. The maximum atomic E-state index is 12.5. The molecule has 1 aliphatic heterocycles. The lowest BCUT2D eigenvalue weighted by Crippen LogP contribution is -2.53. The van der Waals surface area contributed by atoms with Crippen molar-refractivity contribution in [3.63, 3.8) is 0 Å². The third-order valence-electron chi connectivity index (χ3n) is 3.50. The highest BCUT2D eigenvalue weighted by Crippen LogP contribution is 2.38. The maximum Gasteiger partial charge on any atom is 0.265 e. The molecule has 25 heavy (non-hydrogen) atoms. The van der Waals surface area contributed by atoms with Gasteiger partial charge in [0.2, 0.25) is 5.75 Å². The molecule has 7 nitrogen and oxygen atoms in total. The van der Waals surface area contributed by atoms with E-state index in [0.717, 1.165) is 0 Å². The SMILES string of the molecule is C=CCN1C(=O)C(=Cc2cc(OC)c(OC)c(OC)c2)C(=O)NC1=S. The lowest BCUT2D eigenvalue weighted by atomic mass is 10.1. The molecule has 0 spiro atoms. The molecule has 1 saturated heterocycles. The monoisotopic (exact) mass is 362 g/mol. The summed E-state index contributed by atoms with van der Waals surface area (Å²) in [5.41, 5.74) is 0.490. The molecule has 0 radical (unpaired) electrons. The van der Waals surface area contributed by atoms with Crippen LogP contribution in [0.15, 0.2) is 30.4 Å². The number of carbonyl (C=O) groups is 2. The Morgan fingerprint density at radius 3 is 2.24 bits per heavy atom. The predicted octanol–water partition coefficient (Wildman–Crippen LogP) is 1.53. The first kappa shape index (κ1) is 18.5. The molecule has 0 bridgehead atoms. The molecular weight excluding hydrogens is 344 g/mol. The van der Waals surface area contributed by atoms with Gasteiger partial charge in [0.25, 0.3) is 11.8 Å². The zero-order valence-corrected chi connectivity index (χ0v) is 14.9. The van der Waals surface area contributed by atoms with Gasteiger partial charge in [-0.15, -0.1) is 6.58 Å². The van der Waals surface area contributed by atoms with Crippen LogP contribution in [0, 0.1) is 0 Å². The Balaban J connectivity index is 2.51. The van der Waals surface area contributed by atoms with E-state index in [2.05, 4.69) is 11.9 Å². The number of rotatable bonds is 6. The van der Waals surface area contributed by atoms with Crippen LogP contribution in [0.25, 0.3) is 6.08 Å². The number of nitrogens with zero attached hydrogens (tertiary/aromatic N) is 1. The van der Waals surface area contributed by atoms with Gasteiger partial charge in [-0.25, -0.2) is 0 Å². The molecule has 1 heterocycles. The van der Waals surface area contributed by atoms with E-state index in [4.69, 9.17) is 26.4 Å². The summed E-state index contributed by atoms with van der Waals surface area (Å²) in [6, 6.07) is 3.28. The van der Waals surface area contributed by atoms with Gasteiger partial charge in [-0.1, -0.05) is 6.08 Å². The molecule has 1 aromatic carbocycles. The summed E-state index contributed by atoms with van der Waals surface area (Å²) >= 11 is 5.02. The summed E-state index contributed by atoms with van der Waals surface area (Å²) in [6.07, 6.45) is 2.97. The average molecular weight is 362 g/mol. The van der Waals surface area contributed by atoms with Crippen LogP contribution in [0.3, 0.4) is 0 Å². The van der Waals surface area contributed by atoms with Gasteiger partial charge in [0.15, 0.2) is 16.6 Å². The maximum absolute atomic E-state index is 12.5. The third kappa shape index (κ3) is 3.63. The quantitative estimate of drug-likeness (QED) is 0.358. The van der Waals surface area contributed by atoms with Crippen molar-refractivity contribution in [2.75, 3.05) is 27.9 Å². The Labute approximate surface area is 150 Å². The van der Waals surface area contributed by atoms with E-state index in [-0.39, 0.29) is 17.2 Å². The first-order chi connectivity index (χ1) is 12.0. The lowest BCUT2D eigenvalue weighted by Gasteiger charge is -2.27. The average Bonchev–Trinajstić information content (AvgIpc) is 2.61. The number of benzene rings is 1. The van der Waals surface area contributed by atoms with Crippen molar-refractivity contribution in [3.8, 4) is 17.2 Å². The second kappa shape index (κ2) is 7.80. The van der Waals surface area contributed by atoms with Crippen molar-refractivity contribution in [2.24, 2.45) is 0 Å². The van der Waals surface area contributed by atoms with Gasteiger partial charge in [0.1, 0.15) is 5.57 Å². The van der Waals surface area contributed by atoms with Crippen LogP contribution in [-0.4, -0.2) is 49.7 Å². The zero-order valence-electron chi connectivity index (χ0n) is 14.1. The molecule has 0 aliphatic carbocycles. The fraction of sp³-hybridized carbons (Fsp3) is 0.235. The second-order valence-corrected chi connectivity index (χ2v) is 5.37. The summed E-state index contributed by atoms with van der Waals surface area (Å²) in [4.78, 5) is 26.0. The molecule has 0 saturated carbocycles. The molecule has 8 heteroatoms. The molecule has 0 atom stereocenters. The van der Waals surface area contributed by atoms with Crippen LogP contribution in [-0.2, 0) is 9.59 Å². The molecule has 132 valence electrons. The van der Waals surface area contributed by atoms with E-state index in [1.54, 1.807) is 12.1 Å². The van der Waals surface area contributed by atoms with Crippen molar-refractivity contribution >= 4 is 35.2 Å². The largest absolute Gasteiger partial charge is 0.493 e. The van der Waals surface area contributed by atoms with Crippen LogP contribution in [0.1, 0.15) is 5.56 Å². The Bertz CT molecular complexity index is 747. The first-order valence-corrected chi connectivity index (χ1v) is 7.67. The normalized spacial score (nSPS) is 15.9. The van der Waals surface area contributed by atoms with Gasteiger partial charge in [-0.2, -0.15) is 0 Å². The number of ether oxygens (including phenoxy) is 3. The highest BCUT2D eigenvalue weighted by molar-refractivity contribution is 7.80. The van der Waals surface area contributed by atoms with Crippen LogP contribution < -0.4 is 19.5 Å². The van der Waals surface area contributed by atoms with E-state index in [9.17, 15) is 9.59 Å². The van der Waals surface area contributed by atoms with Crippen molar-refractivity contribution in [3.05, 3.63) is 35.9 Å². The van der Waals surface area contributed by atoms with E-state index in [0.29, 0.717) is 22.8 Å². The summed E-state index contributed by atoms with van der Waals surface area (Å²) in [5, 5.41) is 2.54. The van der Waals surface area contributed by atoms with Crippen molar-refractivity contribution in [2.45, 2.75) is 0 Å². The Kier molecular flexibility index (Phi) is 5.76. The van der Waals surface area contributed by atoms with Crippen molar-refractivity contribution in [1.29, 1.82) is 0 Å². The van der Waals surface area contributed by atoms with Gasteiger partial charge in [-0.05, 0) is 36.0 Å². The van der Waals surface area contributed by atoms with Gasteiger partial charge in [0.05, 0.1) is 21.3 Å². The minimum Gasteiger partial charge on any atom is -0.493 e. The molecule has 2 rings (SSSR count). The number of methoxy groups -OCH3 is 3. The number of carbonyl (C=O) groups excluding carboxylic acids is 2. The summed E-state index contributed by atoms with van der Waals surface area (Å²) in [7, 11) is 4.46. The molecule has 1 aliphatic rings. The second-order valence-electron chi connectivity index (χ2n) is 4.98. The smallest absolute Gasteiger partial charge is 0.265 e. The Morgan fingerprint density at radius 2 is 1.76 bits per heavy atom. The summed E-state index contributed by atoms with van der Waals surface area (Å²) in [5.74, 6) is 0.180. The van der Waals surface area contributed by atoms with Crippen LogP contribution in [0.5, 0.6) is 17.2 Å². The highest BCUT2D eigenvalue weighted by atomic mass is 32.1. The standard InChI is InChI=1S/C17H18N2O5S/c1-5-6-19-16(21)11(15(20)18-17(19)25)7-10-8-12(22-2)14(24-4)13(9-10)23-3/h5,7-9H,1,6H2,2-4H3,(H,18,20,25). The van der Waals surface area contributed by atoms with Crippen molar-refractivity contribution < 1.29 is 23.8 Å². The third-order valence-corrected chi connectivity index (χ3v) is 3.82. The molecular formula is C17H18N2O5S. The lowest BCUT2D eigenvalue weighted by molar-refractivity contribution is -0.128. The van der Waals surface area contributed by atoms with E-state index in [1.807, 2.05) is 0 Å². The number of thiocarbonyl (C=S) groups is 1. The summed E-state index contributed by atoms with van der Waals surface area (Å²) < 4.78 is 15.8. The minimum atomic E-state index is -0.566. The van der Waals surface area contributed by atoms with Gasteiger partial charge >= 0.3 is 0 Å². The highest BCUT2D eigenvalue weighted by Gasteiger charge is 2.32. The topological polar surface area (TPSA) is 77.1 Å². The van der Waals surface area contributed by atoms with E-state index >= 15 is 0 Å². The van der Waals surface area contributed by atoms with Gasteiger partial charge < -0.3 is 14.2 Å². The van der Waals surface area contributed by atoms with E-state index < -0.39 is 11.8 Å². The number of nitrogens with one attached hydrogen (secondary N) is 1. The van der Waals surface area contributed by atoms with Gasteiger partial charge in [-0.3, -0.25) is 19.8 Å².